The number of rotatable bonds is 4. The number of carbonyl (C=O) groups is 3. The van der Waals surface area contributed by atoms with Crippen molar-refractivity contribution in [2.24, 2.45) is 0 Å². The Kier molecular flexibility index (Phi) is 6.47. The third-order valence-corrected chi connectivity index (χ3v) is 6.16. The normalized spacial score (nSPS) is 19.7. The molecule has 3 amide bonds. The summed E-state index contributed by atoms with van der Waals surface area (Å²) in [6.45, 7) is 4.54. The van der Waals surface area contributed by atoms with Crippen LogP contribution < -0.4 is 5.32 Å². The second kappa shape index (κ2) is 9.31. The zero-order valence-electron chi connectivity index (χ0n) is 18.8. The molecule has 2 aromatic carbocycles. The summed E-state index contributed by atoms with van der Waals surface area (Å²) in [6, 6.07) is 13.5. The molecule has 7 nitrogen and oxygen atoms in total. The molecule has 2 aliphatic rings. The third kappa shape index (κ3) is 4.61. The van der Waals surface area contributed by atoms with E-state index in [4.69, 9.17) is 4.74 Å². The molecule has 0 bridgehead atoms. The quantitative estimate of drug-likeness (QED) is 0.772. The number of ether oxygens (including phenoxy) is 1. The second-order valence-electron chi connectivity index (χ2n) is 8.78. The predicted octanol–water partition coefficient (Wildman–Crippen LogP) is 2.82. The van der Waals surface area contributed by atoms with Crippen LogP contribution in [-0.2, 0) is 9.53 Å². The van der Waals surface area contributed by atoms with E-state index in [2.05, 4.69) is 5.32 Å². The highest BCUT2D eigenvalue weighted by Crippen LogP contribution is 2.38. The van der Waals surface area contributed by atoms with Gasteiger partial charge in [0.25, 0.3) is 11.8 Å². The lowest BCUT2D eigenvalue weighted by atomic mass is 9.96. The van der Waals surface area contributed by atoms with Crippen molar-refractivity contribution in [3.05, 3.63) is 71.5 Å². The molecule has 1 N–H and O–H groups in total. The third-order valence-electron chi connectivity index (χ3n) is 6.16. The predicted molar refractivity (Wildman–Crippen MR) is 120 cm³/mol. The first-order chi connectivity index (χ1) is 15.8. The molecule has 33 heavy (non-hydrogen) atoms. The van der Waals surface area contributed by atoms with Gasteiger partial charge in [0.1, 0.15) is 17.6 Å². The summed E-state index contributed by atoms with van der Waals surface area (Å²) in [7, 11) is 0. The highest BCUT2D eigenvalue weighted by molar-refractivity contribution is 5.98. The van der Waals surface area contributed by atoms with Crippen LogP contribution in [0.5, 0.6) is 0 Å². The number of likely N-dealkylation sites (tertiary alicyclic amines) is 1. The Morgan fingerprint density at radius 2 is 1.58 bits per heavy atom. The number of nitrogens with zero attached hydrogens (tertiary/aromatic N) is 2. The number of hydrogen-bond acceptors (Lipinski definition) is 4. The minimum atomic E-state index is -0.967. The average molecular weight is 454 g/mol. The number of hydrogen-bond donors (Lipinski definition) is 1. The Hall–Kier alpha value is -3.26. The minimum Gasteiger partial charge on any atom is -0.353 e. The summed E-state index contributed by atoms with van der Waals surface area (Å²) < 4.78 is 19.4. The van der Waals surface area contributed by atoms with Crippen molar-refractivity contribution < 1.29 is 23.5 Å². The van der Waals surface area contributed by atoms with Crippen molar-refractivity contribution in [1.29, 1.82) is 0 Å². The fourth-order valence-corrected chi connectivity index (χ4v) is 4.50. The van der Waals surface area contributed by atoms with E-state index in [9.17, 15) is 18.8 Å². The number of halogens is 1. The van der Waals surface area contributed by atoms with Gasteiger partial charge >= 0.3 is 0 Å². The molecule has 1 atom stereocenters. The van der Waals surface area contributed by atoms with Gasteiger partial charge in [0.05, 0.1) is 6.61 Å². The molecule has 4 rings (SSSR count). The average Bonchev–Trinajstić information content (AvgIpc) is 3.18. The van der Waals surface area contributed by atoms with E-state index in [0.717, 1.165) is 0 Å². The van der Waals surface area contributed by atoms with Crippen LogP contribution in [0.25, 0.3) is 0 Å². The molecule has 0 saturated carbocycles. The first kappa shape index (κ1) is 22.9. The van der Waals surface area contributed by atoms with E-state index < -0.39 is 17.6 Å². The van der Waals surface area contributed by atoms with Crippen LogP contribution in [0.3, 0.4) is 0 Å². The zero-order valence-corrected chi connectivity index (χ0v) is 18.8. The molecule has 0 radical (unpaired) electrons. The molecule has 0 unspecified atom stereocenters. The Labute approximate surface area is 192 Å². The van der Waals surface area contributed by atoms with Crippen LogP contribution in [-0.4, -0.2) is 65.0 Å². The van der Waals surface area contributed by atoms with Crippen molar-refractivity contribution >= 4 is 17.7 Å². The van der Waals surface area contributed by atoms with Gasteiger partial charge in [0.15, 0.2) is 0 Å². The van der Waals surface area contributed by atoms with Crippen molar-refractivity contribution in [2.45, 2.75) is 44.5 Å². The van der Waals surface area contributed by atoms with E-state index in [1.165, 1.54) is 24.3 Å². The Balaban J connectivity index is 1.56. The van der Waals surface area contributed by atoms with Crippen molar-refractivity contribution in [2.75, 3.05) is 19.7 Å². The summed E-state index contributed by atoms with van der Waals surface area (Å²) in [6.07, 6.45) is 0.758. The smallest absolute Gasteiger partial charge is 0.256 e. The number of amides is 3. The molecule has 174 valence electrons. The molecule has 2 aliphatic heterocycles. The first-order valence-electron chi connectivity index (χ1n) is 11.2. The van der Waals surface area contributed by atoms with Crippen LogP contribution >= 0.6 is 0 Å². The Bertz CT molecular complexity index is 1020. The van der Waals surface area contributed by atoms with Crippen molar-refractivity contribution in [1.82, 2.24) is 15.1 Å². The summed E-state index contributed by atoms with van der Waals surface area (Å²) in [5, 5.41) is 2.89. The van der Waals surface area contributed by atoms with Gasteiger partial charge in [-0.05, 0) is 50.2 Å². The lowest BCUT2D eigenvalue weighted by molar-refractivity contribution is -0.128. The molecular formula is C25H28FN3O4. The van der Waals surface area contributed by atoms with Gasteiger partial charge in [-0.3, -0.25) is 19.3 Å². The van der Waals surface area contributed by atoms with E-state index in [-0.39, 0.29) is 30.4 Å². The van der Waals surface area contributed by atoms with Gasteiger partial charge in [0, 0.05) is 43.1 Å². The van der Waals surface area contributed by atoms with Crippen molar-refractivity contribution in [3.63, 3.8) is 0 Å². The fourth-order valence-electron chi connectivity index (χ4n) is 4.50. The number of carbonyl (C=O) groups excluding carboxylic acids is 3. The standard InChI is InChI=1S/C25H28FN3O4/c1-17(2)27-22(30)21-16-33-25(29(21)24(32)18-6-4-3-5-7-18)12-14-28(15-13-25)23(31)19-8-10-20(26)11-9-19/h3-11,17,21H,12-16H2,1-2H3,(H,27,30)/t21-/m0/s1. The van der Waals surface area contributed by atoms with Crippen LogP contribution in [0.1, 0.15) is 47.4 Å². The first-order valence-corrected chi connectivity index (χ1v) is 11.2. The van der Waals surface area contributed by atoms with Crippen LogP contribution in [0.2, 0.25) is 0 Å². The monoisotopic (exact) mass is 453 g/mol. The molecule has 0 aliphatic carbocycles. The van der Waals surface area contributed by atoms with Crippen LogP contribution in [0.4, 0.5) is 4.39 Å². The lowest BCUT2D eigenvalue weighted by Gasteiger charge is -2.44. The van der Waals surface area contributed by atoms with Crippen molar-refractivity contribution in [3.8, 4) is 0 Å². The minimum absolute atomic E-state index is 0.0714. The van der Waals surface area contributed by atoms with Gasteiger partial charge < -0.3 is 15.0 Å². The molecule has 2 fully saturated rings. The van der Waals surface area contributed by atoms with Gasteiger partial charge in [-0.1, -0.05) is 18.2 Å². The number of benzene rings is 2. The SMILES string of the molecule is CC(C)NC(=O)[C@@H]1COC2(CCN(C(=O)c3ccc(F)cc3)CC2)N1C(=O)c1ccccc1. The highest BCUT2D eigenvalue weighted by Gasteiger charge is 2.54. The molecular weight excluding hydrogens is 425 g/mol. The maximum atomic E-state index is 13.5. The molecule has 2 saturated heterocycles. The van der Waals surface area contributed by atoms with Crippen LogP contribution in [0.15, 0.2) is 54.6 Å². The van der Waals surface area contributed by atoms with E-state index in [1.807, 2.05) is 19.9 Å². The lowest BCUT2D eigenvalue weighted by Crippen LogP contribution is -2.60. The zero-order chi connectivity index (χ0) is 23.6. The summed E-state index contributed by atoms with van der Waals surface area (Å²) in [5.74, 6) is -1.12. The molecule has 2 aromatic rings. The molecule has 2 heterocycles. The summed E-state index contributed by atoms with van der Waals surface area (Å²) in [5.41, 5.74) is -0.0773. The topological polar surface area (TPSA) is 79.0 Å². The second-order valence-corrected chi connectivity index (χ2v) is 8.78. The fraction of sp³-hybridized carbons (Fsp3) is 0.400. The summed E-state index contributed by atoms with van der Waals surface area (Å²) in [4.78, 5) is 42.6. The maximum absolute atomic E-state index is 13.5. The molecule has 1 spiro atoms. The highest BCUT2D eigenvalue weighted by atomic mass is 19.1. The largest absolute Gasteiger partial charge is 0.353 e. The Morgan fingerprint density at radius 3 is 2.18 bits per heavy atom. The van der Waals surface area contributed by atoms with Gasteiger partial charge in [-0.2, -0.15) is 0 Å². The van der Waals surface area contributed by atoms with Gasteiger partial charge in [0.2, 0.25) is 5.91 Å². The number of nitrogens with one attached hydrogen (secondary N) is 1. The van der Waals surface area contributed by atoms with E-state index in [0.29, 0.717) is 37.1 Å². The van der Waals surface area contributed by atoms with E-state index >= 15 is 0 Å². The number of piperidine rings is 1. The maximum Gasteiger partial charge on any atom is 0.256 e. The van der Waals surface area contributed by atoms with E-state index in [1.54, 1.807) is 34.1 Å². The van der Waals surface area contributed by atoms with Gasteiger partial charge in [-0.15, -0.1) is 0 Å². The summed E-state index contributed by atoms with van der Waals surface area (Å²) >= 11 is 0. The Morgan fingerprint density at radius 1 is 0.970 bits per heavy atom. The van der Waals surface area contributed by atoms with Gasteiger partial charge in [-0.25, -0.2) is 4.39 Å². The molecule has 8 heteroatoms. The van der Waals surface area contributed by atoms with Crippen LogP contribution in [0, 0.1) is 5.82 Å². The molecule has 0 aromatic heterocycles.